The van der Waals surface area contributed by atoms with Gasteiger partial charge in [-0.2, -0.15) is 11.3 Å². The summed E-state index contributed by atoms with van der Waals surface area (Å²) >= 11 is 1.52. The summed E-state index contributed by atoms with van der Waals surface area (Å²) in [4.78, 5) is 11.7. The molecule has 0 aliphatic heterocycles. The number of amides is 1. The fourth-order valence-electron chi connectivity index (χ4n) is 1.43. The molecule has 0 aliphatic rings. The fourth-order valence-corrected chi connectivity index (χ4v) is 2.10. The zero-order valence-corrected chi connectivity index (χ0v) is 9.76. The molecule has 0 bridgehead atoms. The lowest BCUT2D eigenvalue weighted by molar-refractivity contribution is -0.115. The van der Waals surface area contributed by atoms with Crippen molar-refractivity contribution in [3.05, 3.63) is 46.4 Å². The number of rotatable bonds is 3. The van der Waals surface area contributed by atoms with E-state index in [1.807, 2.05) is 16.8 Å². The third-order valence-electron chi connectivity index (χ3n) is 2.26. The van der Waals surface area contributed by atoms with Crippen molar-refractivity contribution < 1.29 is 9.18 Å². The van der Waals surface area contributed by atoms with Crippen molar-refractivity contribution in [1.82, 2.24) is 0 Å². The SMILES string of the molecule is Nc1cccc(F)c1NC(=O)Cc1ccsc1. The van der Waals surface area contributed by atoms with Crippen LogP contribution in [0.3, 0.4) is 0 Å². The summed E-state index contributed by atoms with van der Waals surface area (Å²) in [6, 6.07) is 6.16. The second-order valence-corrected chi connectivity index (χ2v) is 4.34. The molecular weight excluding hydrogens is 239 g/mol. The lowest BCUT2D eigenvalue weighted by atomic mass is 10.2. The first kappa shape index (κ1) is 11.6. The molecule has 2 aromatic rings. The number of anilines is 2. The maximum absolute atomic E-state index is 13.4. The highest BCUT2D eigenvalue weighted by molar-refractivity contribution is 7.08. The lowest BCUT2D eigenvalue weighted by Crippen LogP contribution is -2.16. The van der Waals surface area contributed by atoms with E-state index < -0.39 is 5.82 Å². The summed E-state index contributed by atoms with van der Waals surface area (Å²) in [6.45, 7) is 0. The first-order valence-electron chi connectivity index (χ1n) is 5.01. The minimum atomic E-state index is -0.524. The molecule has 0 saturated heterocycles. The Morgan fingerprint density at radius 1 is 1.41 bits per heavy atom. The van der Waals surface area contributed by atoms with E-state index in [1.165, 1.54) is 23.5 Å². The van der Waals surface area contributed by atoms with E-state index >= 15 is 0 Å². The standard InChI is InChI=1S/C12H11FN2OS/c13-9-2-1-3-10(14)12(9)15-11(16)6-8-4-5-17-7-8/h1-5,7H,6,14H2,(H,15,16). The molecule has 0 aliphatic carbocycles. The van der Waals surface area contributed by atoms with Gasteiger partial charge in [0.1, 0.15) is 11.5 Å². The van der Waals surface area contributed by atoms with Crippen LogP contribution in [0.5, 0.6) is 0 Å². The first-order chi connectivity index (χ1) is 8.16. The van der Waals surface area contributed by atoms with Crippen LogP contribution in [0.1, 0.15) is 5.56 Å². The molecule has 0 atom stereocenters. The molecule has 1 heterocycles. The number of hydrogen-bond acceptors (Lipinski definition) is 3. The van der Waals surface area contributed by atoms with Gasteiger partial charge in [-0.25, -0.2) is 4.39 Å². The summed E-state index contributed by atoms with van der Waals surface area (Å²) in [5.74, 6) is -0.802. The van der Waals surface area contributed by atoms with Crippen LogP contribution in [0.4, 0.5) is 15.8 Å². The van der Waals surface area contributed by atoms with Gasteiger partial charge >= 0.3 is 0 Å². The van der Waals surface area contributed by atoms with E-state index in [9.17, 15) is 9.18 Å². The summed E-state index contributed by atoms with van der Waals surface area (Å²) < 4.78 is 13.4. The van der Waals surface area contributed by atoms with Crippen LogP contribution in [0.2, 0.25) is 0 Å². The Hall–Kier alpha value is -1.88. The third-order valence-corrected chi connectivity index (χ3v) is 2.99. The maximum atomic E-state index is 13.4. The Bertz CT molecular complexity index is 505. The molecule has 5 heteroatoms. The number of nitrogens with two attached hydrogens (primary N) is 1. The predicted molar refractivity (Wildman–Crippen MR) is 67.5 cm³/mol. The Morgan fingerprint density at radius 3 is 2.88 bits per heavy atom. The molecule has 1 aromatic carbocycles. The van der Waals surface area contributed by atoms with Gasteiger partial charge in [-0.05, 0) is 34.5 Å². The van der Waals surface area contributed by atoms with Gasteiger partial charge in [-0.3, -0.25) is 4.79 Å². The minimum Gasteiger partial charge on any atom is -0.397 e. The van der Waals surface area contributed by atoms with Crippen LogP contribution >= 0.6 is 11.3 Å². The van der Waals surface area contributed by atoms with Gasteiger partial charge in [-0.15, -0.1) is 0 Å². The Balaban J connectivity index is 2.08. The fraction of sp³-hybridized carbons (Fsp3) is 0.0833. The molecule has 1 aromatic heterocycles. The average molecular weight is 250 g/mol. The van der Waals surface area contributed by atoms with Crippen molar-refractivity contribution in [1.29, 1.82) is 0 Å². The van der Waals surface area contributed by atoms with Crippen molar-refractivity contribution >= 4 is 28.6 Å². The molecule has 1 amide bonds. The van der Waals surface area contributed by atoms with Crippen molar-refractivity contribution in [2.45, 2.75) is 6.42 Å². The zero-order chi connectivity index (χ0) is 12.3. The molecule has 0 radical (unpaired) electrons. The van der Waals surface area contributed by atoms with E-state index in [0.29, 0.717) is 0 Å². The summed E-state index contributed by atoms with van der Waals surface area (Å²) in [5, 5.41) is 6.25. The van der Waals surface area contributed by atoms with E-state index in [2.05, 4.69) is 5.32 Å². The van der Waals surface area contributed by atoms with Gasteiger partial charge < -0.3 is 11.1 Å². The quantitative estimate of drug-likeness (QED) is 0.823. The molecule has 2 rings (SSSR count). The molecule has 3 N–H and O–H groups in total. The van der Waals surface area contributed by atoms with Crippen molar-refractivity contribution in [2.75, 3.05) is 11.1 Å². The Kier molecular flexibility index (Phi) is 3.39. The van der Waals surface area contributed by atoms with Crippen molar-refractivity contribution in [3.63, 3.8) is 0 Å². The number of thiophene rings is 1. The number of benzene rings is 1. The van der Waals surface area contributed by atoms with Gasteiger partial charge in [-0.1, -0.05) is 6.07 Å². The average Bonchev–Trinajstić information content (AvgIpc) is 2.76. The molecule has 0 unspecified atom stereocenters. The highest BCUT2D eigenvalue weighted by atomic mass is 32.1. The van der Waals surface area contributed by atoms with Gasteiger partial charge in [0.2, 0.25) is 5.91 Å². The molecule has 0 fully saturated rings. The third kappa shape index (κ3) is 2.82. The topological polar surface area (TPSA) is 55.1 Å². The minimum absolute atomic E-state index is 0.0488. The van der Waals surface area contributed by atoms with Gasteiger partial charge in [0.25, 0.3) is 0 Å². The second-order valence-electron chi connectivity index (χ2n) is 3.56. The van der Waals surface area contributed by atoms with Crippen LogP contribution in [0, 0.1) is 5.82 Å². The highest BCUT2D eigenvalue weighted by Crippen LogP contribution is 2.22. The molecule has 3 nitrogen and oxygen atoms in total. The maximum Gasteiger partial charge on any atom is 0.228 e. The molecule has 17 heavy (non-hydrogen) atoms. The molecule has 0 saturated carbocycles. The zero-order valence-electron chi connectivity index (χ0n) is 8.94. The summed E-state index contributed by atoms with van der Waals surface area (Å²) in [6.07, 6.45) is 0.220. The van der Waals surface area contributed by atoms with Crippen LogP contribution < -0.4 is 11.1 Å². The summed E-state index contributed by atoms with van der Waals surface area (Å²) in [5.41, 5.74) is 6.77. The Morgan fingerprint density at radius 2 is 2.24 bits per heavy atom. The number of nitrogens with one attached hydrogen (secondary N) is 1. The van der Waals surface area contributed by atoms with E-state index in [1.54, 1.807) is 6.07 Å². The monoisotopic (exact) mass is 250 g/mol. The molecule has 88 valence electrons. The first-order valence-corrected chi connectivity index (χ1v) is 5.96. The van der Waals surface area contributed by atoms with E-state index in [-0.39, 0.29) is 23.7 Å². The molecular formula is C12H11FN2OS. The van der Waals surface area contributed by atoms with Crippen LogP contribution in [0.15, 0.2) is 35.0 Å². The van der Waals surface area contributed by atoms with Gasteiger partial charge in [0, 0.05) is 0 Å². The van der Waals surface area contributed by atoms with Crippen LogP contribution in [-0.4, -0.2) is 5.91 Å². The van der Waals surface area contributed by atoms with Crippen molar-refractivity contribution in [2.24, 2.45) is 0 Å². The van der Waals surface area contributed by atoms with Crippen molar-refractivity contribution in [3.8, 4) is 0 Å². The normalized spacial score (nSPS) is 10.2. The van der Waals surface area contributed by atoms with E-state index in [4.69, 9.17) is 5.73 Å². The number of carbonyl (C=O) groups excluding carboxylic acids is 1. The Labute approximate surface area is 102 Å². The number of nitrogen functional groups attached to an aromatic ring is 1. The van der Waals surface area contributed by atoms with Gasteiger partial charge in [0.15, 0.2) is 0 Å². The highest BCUT2D eigenvalue weighted by Gasteiger charge is 2.10. The number of halogens is 1. The summed E-state index contributed by atoms with van der Waals surface area (Å²) in [7, 11) is 0. The number of hydrogen-bond donors (Lipinski definition) is 2. The number of carbonyl (C=O) groups is 1. The smallest absolute Gasteiger partial charge is 0.228 e. The lowest BCUT2D eigenvalue weighted by Gasteiger charge is -2.08. The van der Waals surface area contributed by atoms with Gasteiger partial charge in [0.05, 0.1) is 12.1 Å². The molecule has 0 spiro atoms. The van der Waals surface area contributed by atoms with E-state index in [0.717, 1.165) is 5.56 Å². The predicted octanol–water partition coefficient (Wildman–Crippen LogP) is 2.65. The number of para-hydroxylation sites is 1. The largest absolute Gasteiger partial charge is 0.397 e. The van der Waals surface area contributed by atoms with Crippen LogP contribution in [0.25, 0.3) is 0 Å². The van der Waals surface area contributed by atoms with Crippen LogP contribution in [-0.2, 0) is 11.2 Å². The second kappa shape index (κ2) is 4.97.